The van der Waals surface area contributed by atoms with Crippen molar-refractivity contribution in [3.63, 3.8) is 0 Å². The first-order chi connectivity index (χ1) is 3.86. The number of piperazine rings is 1. The molecule has 1 unspecified atom stereocenters. The van der Waals surface area contributed by atoms with Crippen molar-refractivity contribution in [3.05, 3.63) is 0 Å². The summed E-state index contributed by atoms with van der Waals surface area (Å²) in [6.07, 6.45) is 0. The molecule has 0 amide bonds. The Morgan fingerprint density at radius 2 is 2.12 bits per heavy atom. The molecule has 0 aliphatic carbocycles. The Balaban J connectivity index is 1.93. The molecule has 0 aromatic rings. The van der Waals surface area contributed by atoms with Gasteiger partial charge >= 0.3 is 0 Å². The average Bonchev–Trinajstić information content (AvgIpc) is 2.43. The summed E-state index contributed by atoms with van der Waals surface area (Å²) >= 11 is 0. The van der Waals surface area contributed by atoms with E-state index in [2.05, 4.69) is 16.8 Å². The summed E-state index contributed by atoms with van der Waals surface area (Å²) in [4.78, 5) is 4.94. The molecule has 0 saturated carbocycles. The van der Waals surface area contributed by atoms with Crippen LogP contribution in [0.15, 0.2) is 0 Å². The Kier molecular flexibility index (Phi) is 0.866. The lowest BCUT2D eigenvalue weighted by Crippen LogP contribution is -2.35. The second-order valence-electron chi connectivity index (χ2n) is 2.91. The van der Waals surface area contributed by atoms with Crippen LogP contribution in [-0.4, -0.2) is 49.1 Å². The molecule has 2 nitrogen and oxygen atoms in total. The molecule has 2 heterocycles. The van der Waals surface area contributed by atoms with Gasteiger partial charge in [0, 0.05) is 32.2 Å². The van der Waals surface area contributed by atoms with E-state index in [0.29, 0.717) is 0 Å². The smallest absolute Gasteiger partial charge is 0.0351 e. The Hall–Kier alpha value is -0.0800. The number of fused-ring (bicyclic) bond motifs is 1. The lowest BCUT2D eigenvalue weighted by Gasteiger charge is -2.21. The highest BCUT2D eigenvalue weighted by Crippen LogP contribution is 2.20. The van der Waals surface area contributed by atoms with Gasteiger partial charge in [-0.1, -0.05) is 0 Å². The lowest BCUT2D eigenvalue weighted by molar-refractivity contribution is 0.250. The molecule has 2 fully saturated rings. The molecule has 2 atom stereocenters. The molecule has 2 aliphatic heterocycles. The molecular formula is C6H12N2. The minimum Gasteiger partial charge on any atom is -0.303 e. The quantitative estimate of drug-likeness (QED) is 0.394. The van der Waals surface area contributed by atoms with Gasteiger partial charge in [-0.2, -0.15) is 0 Å². The Morgan fingerprint density at radius 1 is 1.25 bits per heavy atom. The van der Waals surface area contributed by atoms with Crippen molar-refractivity contribution in [2.45, 2.75) is 6.04 Å². The first-order valence-electron chi connectivity index (χ1n) is 3.29. The summed E-state index contributed by atoms with van der Waals surface area (Å²) in [5.41, 5.74) is 0. The average molecular weight is 112 g/mol. The summed E-state index contributed by atoms with van der Waals surface area (Å²) in [5.74, 6) is 0. The third-order valence-electron chi connectivity index (χ3n) is 2.12. The maximum Gasteiger partial charge on any atom is 0.0351 e. The van der Waals surface area contributed by atoms with E-state index in [0.717, 1.165) is 6.04 Å². The molecule has 0 spiro atoms. The largest absolute Gasteiger partial charge is 0.303 e. The van der Waals surface area contributed by atoms with Crippen LogP contribution in [0.5, 0.6) is 0 Å². The summed E-state index contributed by atoms with van der Waals surface area (Å²) in [5, 5.41) is 0. The monoisotopic (exact) mass is 112 g/mol. The third kappa shape index (κ3) is 0.644. The van der Waals surface area contributed by atoms with E-state index in [-0.39, 0.29) is 0 Å². The maximum atomic E-state index is 2.53. The zero-order chi connectivity index (χ0) is 5.56. The topological polar surface area (TPSA) is 6.25 Å². The minimum absolute atomic E-state index is 0.939. The highest BCUT2D eigenvalue weighted by atomic mass is 15.4. The van der Waals surface area contributed by atoms with Gasteiger partial charge in [0.2, 0.25) is 0 Å². The van der Waals surface area contributed by atoms with E-state index in [1.165, 1.54) is 26.2 Å². The standard InChI is InChI=1S/C6H12N2/c1-7-2-3-8-5-6(8)4-7/h6H,2-5H2,1H3/t6-,8?/m1/s1. The molecule has 0 bridgehead atoms. The van der Waals surface area contributed by atoms with Crippen molar-refractivity contribution in [2.24, 2.45) is 0 Å². The van der Waals surface area contributed by atoms with E-state index in [1.807, 2.05) is 0 Å². The second kappa shape index (κ2) is 1.45. The van der Waals surface area contributed by atoms with Crippen LogP contribution >= 0.6 is 0 Å². The van der Waals surface area contributed by atoms with Gasteiger partial charge < -0.3 is 4.90 Å². The number of hydrogen-bond donors (Lipinski definition) is 0. The van der Waals surface area contributed by atoms with E-state index in [4.69, 9.17) is 0 Å². The van der Waals surface area contributed by atoms with Crippen molar-refractivity contribution in [1.82, 2.24) is 9.80 Å². The summed E-state index contributed by atoms with van der Waals surface area (Å²) in [6.45, 7) is 5.25. The maximum absolute atomic E-state index is 2.53. The zero-order valence-corrected chi connectivity index (χ0v) is 5.30. The van der Waals surface area contributed by atoms with Crippen LogP contribution in [0, 0.1) is 0 Å². The second-order valence-corrected chi connectivity index (χ2v) is 2.91. The molecule has 0 aromatic carbocycles. The molecule has 2 heteroatoms. The van der Waals surface area contributed by atoms with Crippen LogP contribution in [0.1, 0.15) is 0 Å². The van der Waals surface area contributed by atoms with Crippen LogP contribution in [-0.2, 0) is 0 Å². The van der Waals surface area contributed by atoms with E-state index >= 15 is 0 Å². The molecule has 0 N–H and O–H groups in total. The SMILES string of the molecule is CN1CCN2C[C@H]2C1. The van der Waals surface area contributed by atoms with Crippen molar-refractivity contribution in [3.8, 4) is 0 Å². The van der Waals surface area contributed by atoms with Crippen molar-refractivity contribution in [2.75, 3.05) is 33.2 Å². The summed E-state index contributed by atoms with van der Waals surface area (Å²) in [7, 11) is 2.20. The van der Waals surface area contributed by atoms with Gasteiger partial charge in [0.1, 0.15) is 0 Å². The summed E-state index contributed by atoms with van der Waals surface area (Å²) in [6, 6.07) is 0.939. The first kappa shape index (κ1) is 4.77. The normalized spacial score (nSPS) is 46.1. The fourth-order valence-electron chi connectivity index (χ4n) is 1.42. The fourth-order valence-corrected chi connectivity index (χ4v) is 1.42. The van der Waals surface area contributed by atoms with Crippen LogP contribution in [0.3, 0.4) is 0 Å². The van der Waals surface area contributed by atoms with Crippen LogP contribution in [0.25, 0.3) is 0 Å². The number of hydrogen-bond acceptors (Lipinski definition) is 2. The third-order valence-corrected chi connectivity index (χ3v) is 2.12. The number of nitrogens with zero attached hydrogens (tertiary/aromatic N) is 2. The highest BCUT2D eigenvalue weighted by molar-refractivity contribution is 4.94. The number of rotatable bonds is 0. The molecule has 2 saturated heterocycles. The van der Waals surface area contributed by atoms with E-state index < -0.39 is 0 Å². The molecule has 0 radical (unpaired) electrons. The Labute approximate surface area is 50.1 Å². The van der Waals surface area contributed by atoms with Gasteiger partial charge in [0.05, 0.1) is 0 Å². The molecule has 2 aliphatic rings. The van der Waals surface area contributed by atoms with Gasteiger partial charge in [0.25, 0.3) is 0 Å². The van der Waals surface area contributed by atoms with Crippen molar-refractivity contribution >= 4 is 0 Å². The van der Waals surface area contributed by atoms with E-state index in [9.17, 15) is 0 Å². The zero-order valence-electron chi connectivity index (χ0n) is 5.30. The molecular weight excluding hydrogens is 100 g/mol. The van der Waals surface area contributed by atoms with Gasteiger partial charge in [-0.3, -0.25) is 4.90 Å². The minimum atomic E-state index is 0.939. The number of likely N-dealkylation sites (N-methyl/N-ethyl adjacent to an activating group) is 1. The van der Waals surface area contributed by atoms with Crippen molar-refractivity contribution in [1.29, 1.82) is 0 Å². The first-order valence-corrected chi connectivity index (χ1v) is 3.29. The molecule has 0 aromatic heterocycles. The predicted molar refractivity (Wildman–Crippen MR) is 32.9 cm³/mol. The molecule has 46 valence electrons. The van der Waals surface area contributed by atoms with Gasteiger partial charge in [-0.25, -0.2) is 0 Å². The van der Waals surface area contributed by atoms with Crippen molar-refractivity contribution < 1.29 is 0 Å². The van der Waals surface area contributed by atoms with Crippen LogP contribution in [0.2, 0.25) is 0 Å². The van der Waals surface area contributed by atoms with Gasteiger partial charge in [0.15, 0.2) is 0 Å². The summed E-state index contributed by atoms with van der Waals surface area (Å²) < 4.78 is 0. The Bertz CT molecular complexity index is 103. The fraction of sp³-hybridized carbons (Fsp3) is 1.00. The van der Waals surface area contributed by atoms with E-state index in [1.54, 1.807) is 0 Å². The van der Waals surface area contributed by atoms with Gasteiger partial charge in [-0.05, 0) is 7.05 Å². The van der Waals surface area contributed by atoms with Crippen LogP contribution in [0.4, 0.5) is 0 Å². The Morgan fingerprint density at radius 3 is 2.75 bits per heavy atom. The molecule has 2 rings (SSSR count). The lowest BCUT2D eigenvalue weighted by atomic mass is 10.4. The highest BCUT2D eigenvalue weighted by Gasteiger charge is 2.37. The van der Waals surface area contributed by atoms with Gasteiger partial charge in [-0.15, -0.1) is 0 Å². The molecule has 8 heavy (non-hydrogen) atoms. The predicted octanol–water partition coefficient (Wildman–Crippen LogP) is -0.384. The van der Waals surface area contributed by atoms with Crippen LogP contribution < -0.4 is 0 Å².